The summed E-state index contributed by atoms with van der Waals surface area (Å²) in [4.78, 5) is 12.6. The Morgan fingerprint density at radius 3 is 2.63 bits per heavy atom. The van der Waals surface area contributed by atoms with Gasteiger partial charge < -0.3 is 14.8 Å². The molecule has 0 unspecified atom stereocenters. The van der Waals surface area contributed by atoms with Crippen molar-refractivity contribution in [1.82, 2.24) is 9.78 Å². The molecule has 2 aromatic carbocycles. The topological polar surface area (TPSA) is 65.4 Å². The van der Waals surface area contributed by atoms with E-state index in [0.717, 1.165) is 17.1 Å². The largest absolute Gasteiger partial charge is 0.486 e. The molecule has 3 aromatic rings. The van der Waals surface area contributed by atoms with E-state index in [9.17, 15) is 4.79 Å². The zero-order chi connectivity index (χ0) is 18.8. The van der Waals surface area contributed by atoms with E-state index in [0.29, 0.717) is 24.6 Å². The molecule has 2 heterocycles. The van der Waals surface area contributed by atoms with Crippen LogP contribution in [-0.2, 0) is 0 Å². The first-order valence-corrected chi connectivity index (χ1v) is 9.00. The summed E-state index contributed by atoms with van der Waals surface area (Å²) in [5.74, 6) is 1.46. The molecule has 0 fully saturated rings. The van der Waals surface area contributed by atoms with Crippen molar-refractivity contribution in [2.75, 3.05) is 18.5 Å². The summed E-state index contributed by atoms with van der Waals surface area (Å²) in [5, 5.41) is 7.58. The molecule has 1 N–H and O–H groups in total. The first kappa shape index (κ1) is 17.4. The Balaban J connectivity index is 1.59. The van der Waals surface area contributed by atoms with E-state index in [1.807, 2.05) is 43.3 Å². The maximum absolute atomic E-state index is 12.6. The van der Waals surface area contributed by atoms with Crippen LogP contribution >= 0.6 is 11.6 Å². The number of nitrogens with one attached hydrogen (secondary N) is 1. The smallest absolute Gasteiger partial charge is 0.292 e. The highest BCUT2D eigenvalue weighted by Gasteiger charge is 2.17. The fourth-order valence-electron chi connectivity index (χ4n) is 2.93. The van der Waals surface area contributed by atoms with Gasteiger partial charge in [0, 0.05) is 6.04 Å². The van der Waals surface area contributed by atoms with Gasteiger partial charge in [-0.05, 0) is 36.8 Å². The Labute approximate surface area is 161 Å². The van der Waals surface area contributed by atoms with Gasteiger partial charge in [-0.1, -0.05) is 35.9 Å². The van der Waals surface area contributed by atoms with Crippen molar-refractivity contribution in [3.63, 3.8) is 0 Å². The number of hydrogen-bond acceptors (Lipinski definition) is 5. The Morgan fingerprint density at radius 1 is 1.11 bits per heavy atom. The van der Waals surface area contributed by atoms with Crippen molar-refractivity contribution in [3.05, 3.63) is 75.7 Å². The predicted molar refractivity (Wildman–Crippen MR) is 104 cm³/mol. The normalized spacial score (nSPS) is 13.9. The first-order valence-electron chi connectivity index (χ1n) is 8.63. The van der Waals surface area contributed by atoms with Crippen molar-refractivity contribution in [1.29, 1.82) is 0 Å². The van der Waals surface area contributed by atoms with Crippen LogP contribution in [0.3, 0.4) is 0 Å². The minimum Gasteiger partial charge on any atom is -0.486 e. The molecule has 7 heteroatoms. The quantitative estimate of drug-likeness (QED) is 0.741. The van der Waals surface area contributed by atoms with Gasteiger partial charge in [-0.2, -0.15) is 9.78 Å². The number of aromatic nitrogens is 2. The average molecular weight is 384 g/mol. The molecule has 0 amide bonds. The standard InChI is InChI=1S/C20H18ClN3O3/c1-13(14-7-8-17-18(11-14)27-10-9-26-17)23-16-12-22-24(20(25)19(16)21)15-5-3-2-4-6-15/h2-8,11-13,23H,9-10H2,1H3/t13-/m0/s1. The summed E-state index contributed by atoms with van der Waals surface area (Å²) in [7, 11) is 0. The van der Waals surface area contributed by atoms with E-state index in [-0.39, 0.29) is 16.6 Å². The predicted octanol–water partition coefficient (Wildman–Crippen LogP) is 3.83. The van der Waals surface area contributed by atoms with Crippen LogP contribution in [0.1, 0.15) is 18.5 Å². The molecule has 1 aliphatic heterocycles. The van der Waals surface area contributed by atoms with Crippen LogP contribution in [0.5, 0.6) is 11.5 Å². The third-order valence-electron chi connectivity index (χ3n) is 4.36. The molecule has 27 heavy (non-hydrogen) atoms. The molecule has 138 valence electrons. The van der Waals surface area contributed by atoms with Gasteiger partial charge in [-0.15, -0.1) is 0 Å². The van der Waals surface area contributed by atoms with E-state index in [2.05, 4.69) is 10.4 Å². The number of halogens is 1. The number of para-hydroxylation sites is 1. The van der Waals surface area contributed by atoms with Gasteiger partial charge in [0.2, 0.25) is 0 Å². The molecule has 0 radical (unpaired) electrons. The minimum atomic E-state index is -0.373. The maximum Gasteiger partial charge on any atom is 0.292 e. The Bertz CT molecular complexity index is 1020. The highest BCUT2D eigenvalue weighted by Crippen LogP contribution is 2.33. The van der Waals surface area contributed by atoms with Crippen LogP contribution in [0.4, 0.5) is 5.69 Å². The lowest BCUT2D eigenvalue weighted by molar-refractivity contribution is 0.171. The summed E-state index contributed by atoms with van der Waals surface area (Å²) < 4.78 is 12.5. The molecule has 1 atom stereocenters. The maximum atomic E-state index is 12.6. The van der Waals surface area contributed by atoms with Crippen molar-refractivity contribution in [2.45, 2.75) is 13.0 Å². The monoisotopic (exact) mass is 383 g/mol. The highest BCUT2D eigenvalue weighted by atomic mass is 35.5. The molecule has 0 spiro atoms. The Hall–Kier alpha value is -2.99. The van der Waals surface area contributed by atoms with Gasteiger partial charge in [0.1, 0.15) is 18.2 Å². The number of anilines is 1. The molecule has 6 nitrogen and oxygen atoms in total. The number of hydrogen-bond donors (Lipinski definition) is 1. The van der Waals surface area contributed by atoms with Gasteiger partial charge in [0.25, 0.3) is 5.56 Å². The van der Waals surface area contributed by atoms with Crippen LogP contribution in [0.15, 0.2) is 59.5 Å². The number of nitrogens with zero attached hydrogens (tertiary/aromatic N) is 2. The molecular weight excluding hydrogens is 366 g/mol. The van der Waals surface area contributed by atoms with Gasteiger partial charge >= 0.3 is 0 Å². The van der Waals surface area contributed by atoms with E-state index in [1.165, 1.54) is 4.68 Å². The Morgan fingerprint density at radius 2 is 1.85 bits per heavy atom. The molecule has 1 aliphatic rings. The van der Waals surface area contributed by atoms with Gasteiger partial charge in [0.15, 0.2) is 11.5 Å². The fraction of sp³-hybridized carbons (Fsp3) is 0.200. The van der Waals surface area contributed by atoms with E-state index in [4.69, 9.17) is 21.1 Å². The van der Waals surface area contributed by atoms with Crippen LogP contribution in [0, 0.1) is 0 Å². The minimum absolute atomic E-state index is 0.0956. The number of rotatable bonds is 4. The second-order valence-corrected chi connectivity index (χ2v) is 6.57. The van der Waals surface area contributed by atoms with Gasteiger partial charge in [-0.25, -0.2) is 0 Å². The second kappa shape index (κ2) is 7.32. The van der Waals surface area contributed by atoms with E-state index >= 15 is 0 Å². The fourth-order valence-corrected chi connectivity index (χ4v) is 3.12. The van der Waals surface area contributed by atoms with Crippen LogP contribution in [-0.4, -0.2) is 23.0 Å². The molecule has 4 rings (SSSR count). The number of ether oxygens (including phenoxy) is 2. The van der Waals surface area contributed by atoms with Crippen molar-refractivity contribution in [3.8, 4) is 17.2 Å². The summed E-state index contributed by atoms with van der Waals surface area (Å²) >= 11 is 6.31. The van der Waals surface area contributed by atoms with Crippen LogP contribution in [0.25, 0.3) is 5.69 Å². The number of fused-ring (bicyclic) bond motifs is 1. The number of benzene rings is 2. The van der Waals surface area contributed by atoms with Crippen molar-refractivity contribution < 1.29 is 9.47 Å². The van der Waals surface area contributed by atoms with E-state index in [1.54, 1.807) is 18.3 Å². The zero-order valence-corrected chi connectivity index (χ0v) is 15.4. The lowest BCUT2D eigenvalue weighted by Gasteiger charge is -2.21. The third-order valence-corrected chi connectivity index (χ3v) is 4.72. The molecule has 0 saturated carbocycles. The van der Waals surface area contributed by atoms with Gasteiger partial charge in [0.05, 0.1) is 17.6 Å². The molecule has 0 saturated heterocycles. The van der Waals surface area contributed by atoms with Crippen molar-refractivity contribution in [2.24, 2.45) is 0 Å². The molecule has 0 aliphatic carbocycles. The summed E-state index contributed by atoms with van der Waals surface area (Å²) in [6.07, 6.45) is 1.56. The lowest BCUT2D eigenvalue weighted by Crippen LogP contribution is -2.23. The van der Waals surface area contributed by atoms with Crippen molar-refractivity contribution >= 4 is 17.3 Å². The van der Waals surface area contributed by atoms with Crippen LogP contribution in [0.2, 0.25) is 5.02 Å². The zero-order valence-electron chi connectivity index (χ0n) is 14.7. The molecule has 1 aromatic heterocycles. The van der Waals surface area contributed by atoms with Gasteiger partial charge in [-0.3, -0.25) is 4.79 Å². The summed E-state index contributed by atoms with van der Waals surface area (Å²) in [5.41, 5.74) is 1.76. The molecule has 0 bridgehead atoms. The SMILES string of the molecule is C[C@H](Nc1cnn(-c2ccccc2)c(=O)c1Cl)c1ccc2c(c1)OCCO2. The lowest BCUT2D eigenvalue weighted by atomic mass is 10.1. The second-order valence-electron chi connectivity index (χ2n) is 6.19. The summed E-state index contributed by atoms with van der Waals surface area (Å²) in [6, 6.07) is 14.8. The van der Waals surface area contributed by atoms with Crippen LogP contribution < -0.4 is 20.3 Å². The first-order chi connectivity index (χ1) is 13.1. The molecular formula is C20H18ClN3O3. The Kier molecular flexibility index (Phi) is 4.73. The van der Waals surface area contributed by atoms with E-state index < -0.39 is 0 Å². The average Bonchev–Trinajstić information content (AvgIpc) is 2.72. The highest BCUT2D eigenvalue weighted by molar-refractivity contribution is 6.33. The summed E-state index contributed by atoms with van der Waals surface area (Å²) in [6.45, 7) is 3.06. The third kappa shape index (κ3) is 3.48.